The van der Waals surface area contributed by atoms with Crippen molar-refractivity contribution >= 4 is 11.8 Å². The van der Waals surface area contributed by atoms with E-state index in [1.165, 1.54) is 0 Å². The Hall–Kier alpha value is -1.92. The summed E-state index contributed by atoms with van der Waals surface area (Å²) in [4.78, 5) is 28.1. The third-order valence-electron chi connectivity index (χ3n) is 5.13. The van der Waals surface area contributed by atoms with Crippen LogP contribution in [-0.2, 0) is 4.79 Å². The number of carbonyl (C=O) groups excluding carboxylic acids is 2. The molecule has 2 aliphatic heterocycles. The van der Waals surface area contributed by atoms with E-state index >= 15 is 0 Å². The Morgan fingerprint density at radius 1 is 1.25 bits per heavy atom. The molecule has 2 heterocycles. The van der Waals surface area contributed by atoms with Crippen molar-refractivity contribution in [3.8, 4) is 0 Å². The lowest BCUT2D eigenvalue weighted by Gasteiger charge is -2.38. The Kier molecular flexibility index (Phi) is 4.87. The lowest BCUT2D eigenvalue weighted by Crippen LogP contribution is -2.51. The van der Waals surface area contributed by atoms with E-state index in [0.717, 1.165) is 24.0 Å². The summed E-state index contributed by atoms with van der Waals surface area (Å²) in [6.45, 7) is 3.79. The van der Waals surface area contributed by atoms with E-state index < -0.39 is 6.10 Å². The van der Waals surface area contributed by atoms with Crippen molar-refractivity contribution < 1.29 is 14.7 Å². The first-order valence-electron chi connectivity index (χ1n) is 8.55. The molecule has 0 aliphatic carbocycles. The average molecular weight is 331 g/mol. The summed E-state index contributed by atoms with van der Waals surface area (Å²) in [7, 11) is 0. The number of rotatable bonds is 3. The fourth-order valence-electron chi connectivity index (χ4n) is 3.88. The van der Waals surface area contributed by atoms with Gasteiger partial charge in [0.05, 0.1) is 12.1 Å². The second-order valence-electron chi connectivity index (χ2n) is 6.90. The van der Waals surface area contributed by atoms with Crippen molar-refractivity contribution in [3.63, 3.8) is 0 Å². The van der Waals surface area contributed by atoms with Crippen LogP contribution in [0, 0.1) is 6.92 Å². The van der Waals surface area contributed by atoms with Crippen LogP contribution in [0.25, 0.3) is 0 Å². The Balaban J connectivity index is 1.61. The summed E-state index contributed by atoms with van der Waals surface area (Å²) in [5.74, 6) is -0.310. The predicted octanol–water partition coefficient (Wildman–Crippen LogP) is 0.520. The molecule has 2 saturated heterocycles. The minimum Gasteiger partial charge on any atom is -0.392 e. The summed E-state index contributed by atoms with van der Waals surface area (Å²) in [5.41, 5.74) is 7.26. The fourth-order valence-corrected chi connectivity index (χ4v) is 3.88. The standard InChI is InChI=1S/C18H25N3O3/c1-12-3-2-4-13(9-12)18(24)20-7-5-14(6-8-20)21-11-15(22)10-16(21)17(19)23/h2-4,9,14-16,22H,5-8,10-11H2,1H3,(H2,19,23)/t15-,16+/m1/s1. The molecule has 2 aliphatic rings. The van der Waals surface area contributed by atoms with Gasteiger partial charge in [-0.1, -0.05) is 17.7 Å². The predicted molar refractivity (Wildman–Crippen MR) is 90.4 cm³/mol. The van der Waals surface area contributed by atoms with Gasteiger partial charge in [0, 0.05) is 31.2 Å². The maximum atomic E-state index is 12.6. The number of nitrogens with zero attached hydrogens (tertiary/aromatic N) is 2. The van der Waals surface area contributed by atoms with E-state index in [1.807, 2.05) is 41.0 Å². The second kappa shape index (κ2) is 6.91. The van der Waals surface area contributed by atoms with Crippen molar-refractivity contribution in [2.24, 2.45) is 5.73 Å². The third-order valence-corrected chi connectivity index (χ3v) is 5.13. The van der Waals surface area contributed by atoms with Gasteiger partial charge in [-0.2, -0.15) is 0 Å². The van der Waals surface area contributed by atoms with Crippen LogP contribution >= 0.6 is 0 Å². The van der Waals surface area contributed by atoms with Crippen molar-refractivity contribution in [1.82, 2.24) is 9.80 Å². The van der Waals surface area contributed by atoms with E-state index in [-0.39, 0.29) is 23.9 Å². The highest BCUT2D eigenvalue weighted by Gasteiger charge is 2.40. The molecule has 0 saturated carbocycles. The smallest absolute Gasteiger partial charge is 0.253 e. The van der Waals surface area contributed by atoms with E-state index in [0.29, 0.717) is 26.1 Å². The van der Waals surface area contributed by atoms with Crippen LogP contribution in [0.2, 0.25) is 0 Å². The number of amides is 2. The van der Waals surface area contributed by atoms with Gasteiger partial charge in [0.15, 0.2) is 0 Å². The zero-order valence-corrected chi connectivity index (χ0v) is 14.0. The van der Waals surface area contributed by atoms with Gasteiger partial charge in [0.2, 0.25) is 5.91 Å². The van der Waals surface area contributed by atoms with Gasteiger partial charge in [-0.3, -0.25) is 14.5 Å². The number of hydrogen-bond donors (Lipinski definition) is 2. The minimum atomic E-state index is -0.491. The van der Waals surface area contributed by atoms with Crippen LogP contribution in [0.1, 0.15) is 35.2 Å². The summed E-state index contributed by atoms with van der Waals surface area (Å²) >= 11 is 0. The second-order valence-corrected chi connectivity index (χ2v) is 6.90. The van der Waals surface area contributed by atoms with E-state index in [1.54, 1.807) is 0 Å². The molecule has 2 fully saturated rings. The molecule has 6 heteroatoms. The lowest BCUT2D eigenvalue weighted by atomic mass is 10.0. The number of carbonyl (C=O) groups is 2. The van der Waals surface area contributed by atoms with Gasteiger partial charge in [0.25, 0.3) is 5.91 Å². The molecule has 0 radical (unpaired) electrons. The average Bonchev–Trinajstić information content (AvgIpc) is 2.96. The quantitative estimate of drug-likeness (QED) is 0.845. The molecule has 24 heavy (non-hydrogen) atoms. The van der Waals surface area contributed by atoms with Crippen LogP contribution < -0.4 is 5.73 Å². The number of aliphatic hydroxyl groups is 1. The molecule has 0 unspecified atom stereocenters. The number of hydrogen-bond acceptors (Lipinski definition) is 4. The molecule has 2 amide bonds. The molecule has 0 bridgehead atoms. The zero-order valence-electron chi connectivity index (χ0n) is 14.0. The number of piperidine rings is 1. The van der Waals surface area contributed by atoms with Crippen molar-refractivity contribution in [2.75, 3.05) is 19.6 Å². The highest BCUT2D eigenvalue weighted by molar-refractivity contribution is 5.94. The Morgan fingerprint density at radius 3 is 2.58 bits per heavy atom. The third kappa shape index (κ3) is 3.44. The molecule has 130 valence electrons. The molecule has 3 N–H and O–H groups in total. The van der Waals surface area contributed by atoms with Crippen LogP contribution in [-0.4, -0.2) is 64.5 Å². The van der Waals surface area contributed by atoms with Gasteiger partial charge >= 0.3 is 0 Å². The molecular formula is C18H25N3O3. The molecule has 1 aromatic carbocycles. The molecule has 0 spiro atoms. The lowest BCUT2D eigenvalue weighted by molar-refractivity contribution is -0.123. The van der Waals surface area contributed by atoms with Crippen molar-refractivity contribution in [3.05, 3.63) is 35.4 Å². The largest absolute Gasteiger partial charge is 0.392 e. The maximum absolute atomic E-state index is 12.6. The van der Waals surface area contributed by atoms with E-state index in [2.05, 4.69) is 0 Å². The van der Waals surface area contributed by atoms with Crippen LogP contribution in [0.5, 0.6) is 0 Å². The number of β-amino-alcohol motifs (C(OH)–C–C–N with tert-alkyl or cyclic N) is 1. The van der Waals surface area contributed by atoms with Crippen LogP contribution in [0.4, 0.5) is 0 Å². The molecular weight excluding hydrogens is 306 g/mol. The van der Waals surface area contributed by atoms with Gasteiger partial charge in [-0.25, -0.2) is 0 Å². The molecule has 2 atom stereocenters. The van der Waals surface area contributed by atoms with Gasteiger partial charge in [0.1, 0.15) is 0 Å². The summed E-state index contributed by atoms with van der Waals surface area (Å²) in [5, 5.41) is 9.85. The molecule has 3 rings (SSSR count). The number of likely N-dealkylation sites (tertiary alicyclic amines) is 2. The van der Waals surface area contributed by atoms with E-state index in [4.69, 9.17) is 5.73 Å². The van der Waals surface area contributed by atoms with Crippen LogP contribution in [0.15, 0.2) is 24.3 Å². The molecule has 6 nitrogen and oxygen atoms in total. The first-order valence-corrected chi connectivity index (χ1v) is 8.55. The zero-order chi connectivity index (χ0) is 17.3. The van der Waals surface area contributed by atoms with Gasteiger partial charge in [-0.05, 0) is 38.3 Å². The topological polar surface area (TPSA) is 86.9 Å². The number of nitrogens with two attached hydrogens (primary N) is 1. The number of aliphatic hydroxyl groups excluding tert-OH is 1. The normalized spacial score (nSPS) is 25.8. The first kappa shape index (κ1) is 16.9. The monoisotopic (exact) mass is 331 g/mol. The van der Waals surface area contributed by atoms with Crippen LogP contribution in [0.3, 0.4) is 0 Å². The minimum absolute atomic E-state index is 0.0602. The number of benzene rings is 1. The van der Waals surface area contributed by atoms with Gasteiger partial charge < -0.3 is 15.7 Å². The van der Waals surface area contributed by atoms with E-state index in [9.17, 15) is 14.7 Å². The fraction of sp³-hybridized carbons (Fsp3) is 0.556. The molecule has 0 aromatic heterocycles. The SMILES string of the molecule is Cc1cccc(C(=O)N2CCC(N3C[C@H](O)C[C@H]3C(N)=O)CC2)c1. The highest BCUT2D eigenvalue weighted by atomic mass is 16.3. The molecule has 1 aromatic rings. The Labute approximate surface area is 142 Å². The Bertz CT molecular complexity index is 626. The Morgan fingerprint density at radius 2 is 1.96 bits per heavy atom. The van der Waals surface area contributed by atoms with Gasteiger partial charge in [-0.15, -0.1) is 0 Å². The summed E-state index contributed by atoms with van der Waals surface area (Å²) in [6, 6.07) is 7.45. The highest BCUT2D eigenvalue weighted by Crippen LogP contribution is 2.26. The van der Waals surface area contributed by atoms with Crippen molar-refractivity contribution in [1.29, 1.82) is 0 Å². The van der Waals surface area contributed by atoms with Crippen molar-refractivity contribution in [2.45, 2.75) is 44.4 Å². The number of primary amides is 1. The number of aryl methyl sites for hydroxylation is 1. The first-order chi connectivity index (χ1) is 11.5. The maximum Gasteiger partial charge on any atom is 0.253 e. The summed E-state index contributed by atoms with van der Waals surface area (Å²) < 4.78 is 0. The summed E-state index contributed by atoms with van der Waals surface area (Å²) in [6.07, 6.45) is 1.52.